The summed E-state index contributed by atoms with van der Waals surface area (Å²) in [6, 6.07) is 5.09. The Kier molecular flexibility index (Phi) is 8.46. The Bertz CT molecular complexity index is 1040. The molecule has 3 rings (SSSR count). The van der Waals surface area contributed by atoms with Gasteiger partial charge in [-0.15, -0.1) is 10.2 Å². The van der Waals surface area contributed by atoms with Gasteiger partial charge < -0.3 is 5.32 Å². The van der Waals surface area contributed by atoms with Crippen LogP contribution in [0, 0.1) is 5.92 Å². The average Bonchev–Trinajstić information content (AvgIpc) is 3.22. The maximum atomic E-state index is 12.7. The van der Waals surface area contributed by atoms with Gasteiger partial charge in [0.25, 0.3) is 5.91 Å². The number of hydrogen-bond acceptors (Lipinski definition) is 7. The molecule has 1 fully saturated rings. The molecule has 6 nitrogen and oxygen atoms in total. The van der Waals surface area contributed by atoms with Crippen molar-refractivity contribution in [3.63, 3.8) is 0 Å². The van der Waals surface area contributed by atoms with Gasteiger partial charge in [0, 0.05) is 29.4 Å². The summed E-state index contributed by atoms with van der Waals surface area (Å²) in [6.45, 7) is 4.57. The molecular weight excluding hydrogens is 495 g/mol. The van der Waals surface area contributed by atoms with Gasteiger partial charge in [0.1, 0.15) is 9.33 Å². The third-order valence-electron chi connectivity index (χ3n) is 4.20. The molecule has 1 aliphatic heterocycles. The zero-order chi connectivity index (χ0) is 22.5. The van der Waals surface area contributed by atoms with Crippen molar-refractivity contribution in [3.05, 3.63) is 43.7 Å². The van der Waals surface area contributed by atoms with Crippen LogP contribution in [0.5, 0.6) is 0 Å². The first-order valence-corrected chi connectivity index (χ1v) is 12.4. The number of rotatable bonds is 8. The monoisotopic (exact) mass is 514 g/mol. The molecule has 0 radical (unpaired) electrons. The number of nitrogens with one attached hydrogen (secondary N) is 1. The zero-order valence-corrected chi connectivity index (χ0v) is 20.8. The fraction of sp³-hybridized carbons (Fsp3) is 0.350. The largest absolute Gasteiger partial charge is 0.301 e. The lowest BCUT2D eigenvalue weighted by Gasteiger charge is -2.13. The van der Waals surface area contributed by atoms with E-state index in [9.17, 15) is 9.59 Å². The minimum absolute atomic E-state index is 0.166. The van der Waals surface area contributed by atoms with Gasteiger partial charge in [-0.05, 0) is 36.1 Å². The third kappa shape index (κ3) is 6.73. The van der Waals surface area contributed by atoms with Gasteiger partial charge in [-0.2, -0.15) is 0 Å². The molecule has 1 aromatic heterocycles. The molecule has 0 aliphatic carbocycles. The zero-order valence-electron chi connectivity index (χ0n) is 16.9. The summed E-state index contributed by atoms with van der Waals surface area (Å²) in [4.78, 5) is 26.9. The van der Waals surface area contributed by atoms with Gasteiger partial charge in [-0.25, -0.2) is 0 Å². The van der Waals surface area contributed by atoms with E-state index >= 15 is 0 Å². The fourth-order valence-corrected chi connectivity index (χ4v) is 5.50. The Labute approximate surface area is 204 Å². The highest BCUT2D eigenvalue weighted by Crippen LogP contribution is 2.34. The van der Waals surface area contributed by atoms with Crippen molar-refractivity contribution >= 4 is 85.9 Å². The first-order chi connectivity index (χ1) is 14.7. The minimum Gasteiger partial charge on any atom is -0.301 e. The fourth-order valence-electron chi connectivity index (χ4n) is 2.77. The van der Waals surface area contributed by atoms with Crippen molar-refractivity contribution in [2.45, 2.75) is 33.1 Å². The van der Waals surface area contributed by atoms with Crippen molar-refractivity contribution in [3.8, 4) is 0 Å². The molecule has 0 spiro atoms. The van der Waals surface area contributed by atoms with Gasteiger partial charge >= 0.3 is 0 Å². The van der Waals surface area contributed by atoms with E-state index in [1.54, 1.807) is 24.3 Å². The second-order valence-electron chi connectivity index (χ2n) is 7.25. The number of thioether (sulfide) groups is 1. The van der Waals surface area contributed by atoms with Crippen LogP contribution in [-0.4, -0.2) is 37.8 Å². The number of anilines is 1. The molecule has 1 aliphatic rings. The quantitative estimate of drug-likeness (QED) is 0.361. The Morgan fingerprint density at radius 3 is 2.81 bits per heavy atom. The van der Waals surface area contributed by atoms with E-state index in [-0.39, 0.29) is 18.2 Å². The second kappa shape index (κ2) is 10.9. The standard InChI is InChI=1S/C20H20Cl2N4O2S3/c1-11(2)8-17-24-25-19(31-17)23-16(27)4-3-7-26-18(28)15(30-20(26)29)9-12-5-6-13(21)10-14(12)22/h5-6,9-11H,3-4,7-8H2,1-2H3,(H,23,25,27). The lowest BCUT2D eigenvalue weighted by atomic mass is 10.1. The number of nitrogens with zero attached hydrogens (tertiary/aromatic N) is 3. The lowest BCUT2D eigenvalue weighted by Crippen LogP contribution is -2.29. The van der Waals surface area contributed by atoms with Crippen LogP contribution in [-0.2, 0) is 16.0 Å². The smallest absolute Gasteiger partial charge is 0.266 e. The molecule has 1 saturated heterocycles. The van der Waals surface area contributed by atoms with Gasteiger partial charge in [0.2, 0.25) is 11.0 Å². The van der Waals surface area contributed by atoms with Crippen LogP contribution < -0.4 is 5.32 Å². The maximum Gasteiger partial charge on any atom is 0.266 e. The van der Waals surface area contributed by atoms with E-state index in [2.05, 4.69) is 29.4 Å². The Morgan fingerprint density at radius 2 is 2.10 bits per heavy atom. The summed E-state index contributed by atoms with van der Waals surface area (Å²) in [5, 5.41) is 13.2. The van der Waals surface area contributed by atoms with Crippen LogP contribution in [0.2, 0.25) is 10.0 Å². The van der Waals surface area contributed by atoms with E-state index in [4.69, 9.17) is 35.4 Å². The highest BCUT2D eigenvalue weighted by Gasteiger charge is 2.31. The summed E-state index contributed by atoms with van der Waals surface area (Å²) in [5.74, 6) is 0.121. The number of amides is 2. The second-order valence-corrected chi connectivity index (χ2v) is 10.8. The first-order valence-electron chi connectivity index (χ1n) is 9.55. The van der Waals surface area contributed by atoms with E-state index in [0.717, 1.165) is 11.4 Å². The summed E-state index contributed by atoms with van der Waals surface area (Å²) in [6.07, 6.45) is 3.26. The SMILES string of the molecule is CC(C)Cc1nnc(NC(=O)CCCN2C(=O)C(=Cc3ccc(Cl)cc3Cl)SC2=S)s1. The Balaban J connectivity index is 1.51. The molecule has 2 heterocycles. The molecular formula is C20H20Cl2N4O2S3. The summed E-state index contributed by atoms with van der Waals surface area (Å²) >= 11 is 20.1. The summed E-state index contributed by atoms with van der Waals surface area (Å²) in [5.41, 5.74) is 0.694. The van der Waals surface area contributed by atoms with Crippen LogP contribution in [0.1, 0.15) is 37.3 Å². The molecule has 164 valence electrons. The third-order valence-corrected chi connectivity index (χ3v) is 7.01. The van der Waals surface area contributed by atoms with Crippen LogP contribution in [0.15, 0.2) is 23.1 Å². The van der Waals surface area contributed by atoms with Crippen LogP contribution in [0.4, 0.5) is 5.13 Å². The molecule has 1 aromatic carbocycles. The van der Waals surface area contributed by atoms with E-state index in [1.807, 2.05) is 0 Å². The summed E-state index contributed by atoms with van der Waals surface area (Å²) in [7, 11) is 0. The molecule has 2 amide bonds. The van der Waals surface area contributed by atoms with E-state index < -0.39 is 0 Å². The van der Waals surface area contributed by atoms with Gasteiger partial charge in [-0.3, -0.25) is 14.5 Å². The molecule has 0 atom stereocenters. The number of thiocarbonyl (C=S) groups is 1. The number of aromatic nitrogens is 2. The predicted molar refractivity (Wildman–Crippen MR) is 133 cm³/mol. The Morgan fingerprint density at radius 1 is 1.32 bits per heavy atom. The highest BCUT2D eigenvalue weighted by atomic mass is 35.5. The van der Waals surface area contributed by atoms with Gasteiger partial charge in [0.15, 0.2) is 0 Å². The van der Waals surface area contributed by atoms with Gasteiger partial charge in [-0.1, -0.05) is 78.4 Å². The van der Waals surface area contributed by atoms with Crippen molar-refractivity contribution in [2.24, 2.45) is 5.92 Å². The molecule has 11 heteroatoms. The van der Waals surface area contributed by atoms with Crippen LogP contribution in [0.3, 0.4) is 0 Å². The van der Waals surface area contributed by atoms with Crippen molar-refractivity contribution in [1.82, 2.24) is 15.1 Å². The van der Waals surface area contributed by atoms with Crippen LogP contribution in [0.25, 0.3) is 6.08 Å². The first kappa shape index (κ1) is 24.1. The summed E-state index contributed by atoms with van der Waals surface area (Å²) < 4.78 is 0.462. The van der Waals surface area contributed by atoms with E-state index in [1.165, 1.54) is 28.0 Å². The lowest BCUT2D eigenvalue weighted by molar-refractivity contribution is -0.122. The molecule has 0 unspecified atom stereocenters. The van der Waals surface area contributed by atoms with Crippen molar-refractivity contribution in [1.29, 1.82) is 0 Å². The topological polar surface area (TPSA) is 75.2 Å². The number of hydrogen-bond donors (Lipinski definition) is 1. The van der Waals surface area contributed by atoms with E-state index in [0.29, 0.717) is 48.8 Å². The normalized spacial score (nSPS) is 15.4. The number of carbonyl (C=O) groups is 2. The number of halogens is 2. The molecule has 31 heavy (non-hydrogen) atoms. The van der Waals surface area contributed by atoms with Crippen molar-refractivity contribution in [2.75, 3.05) is 11.9 Å². The number of benzene rings is 1. The highest BCUT2D eigenvalue weighted by molar-refractivity contribution is 8.26. The molecule has 1 N–H and O–H groups in total. The molecule has 2 aromatic rings. The van der Waals surface area contributed by atoms with Crippen LogP contribution >= 0.6 is 58.5 Å². The maximum absolute atomic E-state index is 12.7. The molecule has 0 saturated carbocycles. The predicted octanol–water partition coefficient (Wildman–Crippen LogP) is 5.66. The minimum atomic E-state index is -0.191. The Hall–Kier alpha value is -1.52. The number of carbonyl (C=O) groups excluding carboxylic acids is 2. The molecule has 0 bridgehead atoms. The van der Waals surface area contributed by atoms with Crippen molar-refractivity contribution < 1.29 is 9.59 Å². The van der Waals surface area contributed by atoms with Gasteiger partial charge in [0.05, 0.1) is 4.91 Å². The average molecular weight is 516 g/mol.